The predicted octanol–water partition coefficient (Wildman–Crippen LogP) is 1.81. The predicted molar refractivity (Wildman–Crippen MR) is 99.8 cm³/mol. The van der Waals surface area contributed by atoms with Crippen LogP contribution in [0.25, 0.3) is 11.0 Å². The van der Waals surface area contributed by atoms with E-state index in [4.69, 9.17) is 0 Å². The number of carbonyl (C=O) groups is 1. The lowest BCUT2D eigenvalue weighted by atomic mass is 10.1. The van der Waals surface area contributed by atoms with Crippen LogP contribution in [0.5, 0.6) is 0 Å². The highest BCUT2D eigenvalue weighted by atomic mass is 16.2. The number of fused-ring (bicyclic) bond motifs is 1. The van der Waals surface area contributed by atoms with Gasteiger partial charge in [0.25, 0.3) is 0 Å². The summed E-state index contributed by atoms with van der Waals surface area (Å²) in [5, 5.41) is 3.32. The number of nitrogens with zero attached hydrogens (tertiary/aromatic N) is 3. The average Bonchev–Trinajstić information content (AvgIpc) is 2.92. The molecule has 1 saturated heterocycles. The standard InChI is InChI=1S/C19H28N4O2/c1-3-13-22-16-6-4-5-7-17(16)23(19(22)25)14-10-18(24)21(2)15-8-11-20-12-9-15/h4-7,15,20H,3,8-14H2,1-2H3. The first-order chi connectivity index (χ1) is 12.1. The van der Waals surface area contributed by atoms with Crippen LogP contribution in [0, 0.1) is 0 Å². The minimum absolute atomic E-state index is 0.0135. The maximum absolute atomic E-state index is 12.8. The average molecular weight is 344 g/mol. The molecule has 1 aliphatic rings. The summed E-state index contributed by atoms with van der Waals surface area (Å²) in [6.07, 6.45) is 3.27. The first kappa shape index (κ1) is 17.7. The van der Waals surface area contributed by atoms with E-state index < -0.39 is 0 Å². The monoisotopic (exact) mass is 344 g/mol. The Morgan fingerprint density at radius 3 is 2.36 bits per heavy atom. The van der Waals surface area contributed by atoms with Gasteiger partial charge in [-0.1, -0.05) is 19.1 Å². The molecule has 0 spiro atoms. The van der Waals surface area contributed by atoms with E-state index >= 15 is 0 Å². The fourth-order valence-corrected chi connectivity index (χ4v) is 3.71. The van der Waals surface area contributed by atoms with Crippen molar-refractivity contribution in [3.63, 3.8) is 0 Å². The maximum Gasteiger partial charge on any atom is 0.329 e. The Balaban J connectivity index is 1.75. The van der Waals surface area contributed by atoms with Gasteiger partial charge in [0.2, 0.25) is 5.91 Å². The molecule has 1 fully saturated rings. The van der Waals surface area contributed by atoms with Crippen LogP contribution < -0.4 is 11.0 Å². The molecular formula is C19H28N4O2. The molecule has 136 valence electrons. The molecular weight excluding hydrogens is 316 g/mol. The van der Waals surface area contributed by atoms with Crippen molar-refractivity contribution in [2.45, 2.75) is 51.7 Å². The second-order valence-corrected chi connectivity index (χ2v) is 6.81. The molecule has 2 aromatic rings. The number of amides is 1. The summed E-state index contributed by atoms with van der Waals surface area (Å²) >= 11 is 0. The summed E-state index contributed by atoms with van der Waals surface area (Å²) in [6, 6.07) is 8.15. The number of benzene rings is 1. The van der Waals surface area contributed by atoms with Crippen LogP contribution in [0.1, 0.15) is 32.6 Å². The molecule has 0 atom stereocenters. The normalized spacial score (nSPS) is 15.6. The molecule has 0 radical (unpaired) electrons. The molecule has 1 amide bonds. The molecule has 2 heterocycles. The summed E-state index contributed by atoms with van der Waals surface area (Å²) in [5.41, 5.74) is 1.85. The van der Waals surface area contributed by atoms with E-state index in [1.165, 1.54) is 0 Å². The molecule has 1 N–H and O–H groups in total. The van der Waals surface area contributed by atoms with Gasteiger partial charge < -0.3 is 10.2 Å². The van der Waals surface area contributed by atoms with E-state index in [0.29, 0.717) is 25.6 Å². The zero-order valence-corrected chi connectivity index (χ0v) is 15.2. The smallest absolute Gasteiger partial charge is 0.329 e. The minimum Gasteiger partial charge on any atom is -0.343 e. The zero-order chi connectivity index (χ0) is 17.8. The van der Waals surface area contributed by atoms with E-state index in [9.17, 15) is 9.59 Å². The van der Waals surface area contributed by atoms with Crippen molar-refractivity contribution >= 4 is 16.9 Å². The number of nitrogens with one attached hydrogen (secondary N) is 1. The van der Waals surface area contributed by atoms with Crippen molar-refractivity contribution in [3.05, 3.63) is 34.7 Å². The minimum atomic E-state index is -0.0135. The van der Waals surface area contributed by atoms with Gasteiger partial charge in [-0.15, -0.1) is 0 Å². The molecule has 1 aromatic heterocycles. The van der Waals surface area contributed by atoms with Crippen molar-refractivity contribution in [1.82, 2.24) is 19.4 Å². The van der Waals surface area contributed by atoms with Crippen molar-refractivity contribution in [1.29, 1.82) is 0 Å². The number of hydrogen-bond donors (Lipinski definition) is 1. The van der Waals surface area contributed by atoms with Gasteiger partial charge >= 0.3 is 5.69 Å². The Hall–Kier alpha value is -2.08. The number of carbonyl (C=O) groups excluding carboxylic acids is 1. The molecule has 0 bridgehead atoms. The van der Waals surface area contributed by atoms with Crippen LogP contribution in [0.4, 0.5) is 0 Å². The Morgan fingerprint density at radius 2 is 1.76 bits per heavy atom. The summed E-state index contributed by atoms with van der Waals surface area (Å²) < 4.78 is 3.56. The van der Waals surface area contributed by atoms with Gasteiger partial charge in [0.15, 0.2) is 0 Å². The Morgan fingerprint density at radius 1 is 1.16 bits per heavy atom. The number of piperidine rings is 1. The van der Waals surface area contributed by atoms with Gasteiger partial charge in [0, 0.05) is 32.6 Å². The van der Waals surface area contributed by atoms with Crippen LogP contribution in [-0.2, 0) is 17.9 Å². The second kappa shape index (κ2) is 7.87. The Labute approximate surface area is 148 Å². The molecule has 3 rings (SSSR count). The Bertz CT molecular complexity index is 786. The SMILES string of the molecule is CCCn1c(=O)n(CCC(=O)N(C)C2CCNCC2)c2ccccc21. The second-order valence-electron chi connectivity index (χ2n) is 6.81. The van der Waals surface area contributed by atoms with Crippen LogP contribution in [-0.4, -0.2) is 46.1 Å². The molecule has 6 heteroatoms. The van der Waals surface area contributed by atoms with Crippen LogP contribution in [0.3, 0.4) is 0 Å². The highest BCUT2D eigenvalue weighted by Crippen LogP contribution is 2.15. The van der Waals surface area contributed by atoms with Gasteiger partial charge in [-0.2, -0.15) is 0 Å². The van der Waals surface area contributed by atoms with E-state index in [1.54, 1.807) is 4.57 Å². The fraction of sp³-hybridized carbons (Fsp3) is 0.579. The third-order valence-corrected chi connectivity index (χ3v) is 5.17. The largest absolute Gasteiger partial charge is 0.343 e. The van der Waals surface area contributed by atoms with E-state index in [0.717, 1.165) is 43.4 Å². The first-order valence-corrected chi connectivity index (χ1v) is 9.28. The quantitative estimate of drug-likeness (QED) is 0.869. The molecule has 0 aliphatic carbocycles. The number of imidazole rings is 1. The summed E-state index contributed by atoms with van der Waals surface area (Å²) in [7, 11) is 1.89. The number of rotatable bonds is 6. The van der Waals surface area contributed by atoms with Crippen LogP contribution in [0.2, 0.25) is 0 Å². The highest BCUT2D eigenvalue weighted by Gasteiger charge is 2.22. The topological polar surface area (TPSA) is 59.3 Å². The number of hydrogen-bond acceptors (Lipinski definition) is 3. The van der Waals surface area contributed by atoms with Gasteiger partial charge in [0.1, 0.15) is 0 Å². The van der Waals surface area contributed by atoms with Gasteiger partial charge in [-0.3, -0.25) is 13.9 Å². The number of aryl methyl sites for hydroxylation is 2. The molecule has 0 unspecified atom stereocenters. The van der Waals surface area contributed by atoms with Crippen molar-refractivity contribution in [2.75, 3.05) is 20.1 Å². The fourth-order valence-electron chi connectivity index (χ4n) is 3.71. The van der Waals surface area contributed by atoms with Crippen molar-refractivity contribution in [3.8, 4) is 0 Å². The lowest BCUT2D eigenvalue weighted by molar-refractivity contribution is -0.132. The summed E-state index contributed by atoms with van der Waals surface area (Å²) in [6.45, 7) is 5.13. The zero-order valence-electron chi connectivity index (χ0n) is 15.2. The molecule has 0 saturated carbocycles. The van der Waals surface area contributed by atoms with Crippen LogP contribution >= 0.6 is 0 Å². The van der Waals surface area contributed by atoms with Gasteiger partial charge in [-0.25, -0.2) is 4.79 Å². The third kappa shape index (κ3) is 3.63. The maximum atomic E-state index is 12.8. The van der Waals surface area contributed by atoms with E-state index in [2.05, 4.69) is 12.2 Å². The lowest BCUT2D eigenvalue weighted by Gasteiger charge is -2.31. The first-order valence-electron chi connectivity index (χ1n) is 9.28. The molecule has 1 aliphatic heterocycles. The van der Waals surface area contributed by atoms with Crippen molar-refractivity contribution in [2.24, 2.45) is 0 Å². The lowest BCUT2D eigenvalue weighted by Crippen LogP contribution is -2.44. The van der Waals surface area contributed by atoms with Gasteiger partial charge in [-0.05, 0) is 44.5 Å². The summed E-state index contributed by atoms with van der Waals surface area (Å²) in [4.78, 5) is 27.2. The molecule has 25 heavy (non-hydrogen) atoms. The Kier molecular flexibility index (Phi) is 5.58. The molecule has 6 nitrogen and oxygen atoms in total. The molecule has 1 aromatic carbocycles. The van der Waals surface area contributed by atoms with Crippen molar-refractivity contribution < 1.29 is 4.79 Å². The van der Waals surface area contributed by atoms with E-state index in [-0.39, 0.29) is 11.6 Å². The van der Waals surface area contributed by atoms with E-state index in [1.807, 2.05) is 40.8 Å². The van der Waals surface area contributed by atoms with Crippen LogP contribution in [0.15, 0.2) is 29.1 Å². The number of para-hydroxylation sites is 2. The van der Waals surface area contributed by atoms with Gasteiger partial charge in [0.05, 0.1) is 11.0 Å². The third-order valence-electron chi connectivity index (χ3n) is 5.17. The highest BCUT2D eigenvalue weighted by molar-refractivity contribution is 5.78. The number of aromatic nitrogens is 2. The summed E-state index contributed by atoms with van der Waals surface area (Å²) in [5.74, 6) is 0.117.